The van der Waals surface area contributed by atoms with Gasteiger partial charge in [0.2, 0.25) is 0 Å². The summed E-state index contributed by atoms with van der Waals surface area (Å²) in [5, 5.41) is 6.48. The van der Waals surface area contributed by atoms with Gasteiger partial charge in [-0.1, -0.05) is 0 Å². The third-order valence-corrected chi connectivity index (χ3v) is 3.76. The maximum absolute atomic E-state index is 5.37. The van der Waals surface area contributed by atoms with Crippen molar-refractivity contribution in [2.45, 2.75) is 20.4 Å². The molecule has 0 aliphatic rings. The fraction of sp³-hybridized carbons (Fsp3) is 0.571. The molecule has 0 fully saturated rings. The van der Waals surface area contributed by atoms with Gasteiger partial charge >= 0.3 is 0 Å². The zero-order valence-electron chi connectivity index (χ0n) is 12.3. The molecule has 0 unspecified atom stereocenters. The number of hydrogen-bond acceptors (Lipinski definition) is 6. The zero-order chi connectivity index (χ0) is 14.4. The Morgan fingerprint density at radius 2 is 2.20 bits per heavy atom. The number of nitrogens with one attached hydrogen (secondary N) is 1. The lowest BCUT2D eigenvalue weighted by molar-refractivity contribution is 0.119. The highest BCUT2D eigenvalue weighted by Gasteiger charge is 2.10. The van der Waals surface area contributed by atoms with Crippen LogP contribution in [0, 0.1) is 0 Å². The molecule has 0 aliphatic carbocycles. The molecular weight excluding hydrogens is 272 g/mol. The molecule has 2 aromatic rings. The largest absolute Gasteiger partial charge is 0.380 e. The van der Waals surface area contributed by atoms with Crippen molar-refractivity contribution in [3.8, 4) is 0 Å². The van der Waals surface area contributed by atoms with Gasteiger partial charge in [-0.3, -0.25) is 4.90 Å². The van der Waals surface area contributed by atoms with Crippen LogP contribution >= 0.6 is 11.3 Å². The van der Waals surface area contributed by atoms with E-state index in [-0.39, 0.29) is 0 Å². The van der Waals surface area contributed by atoms with Crippen LogP contribution in [0.25, 0.3) is 10.2 Å². The number of likely N-dealkylation sites (N-methyl/N-ethyl adjacent to an activating group) is 1. The first kappa shape index (κ1) is 15.2. The number of anilines is 1. The number of nitrogens with zero attached hydrogens (tertiary/aromatic N) is 3. The summed E-state index contributed by atoms with van der Waals surface area (Å²) >= 11 is 1.66. The molecule has 0 aliphatic heterocycles. The van der Waals surface area contributed by atoms with Gasteiger partial charge in [0.15, 0.2) is 0 Å². The highest BCUT2D eigenvalue weighted by Crippen LogP contribution is 2.25. The monoisotopic (exact) mass is 294 g/mol. The van der Waals surface area contributed by atoms with Crippen LogP contribution in [0.5, 0.6) is 0 Å². The van der Waals surface area contributed by atoms with Gasteiger partial charge in [-0.05, 0) is 32.3 Å². The number of thiophene rings is 1. The second kappa shape index (κ2) is 7.52. The van der Waals surface area contributed by atoms with E-state index in [2.05, 4.69) is 45.6 Å². The molecule has 6 heteroatoms. The predicted molar refractivity (Wildman–Crippen MR) is 84.4 cm³/mol. The van der Waals surface area contributed by atoms with Crippen LogP contribution in [0.2, 0.25) is 0 Å². The molecule has 0 spiro atoms. The highest BCUT2D eigenvalue weighted by atomic mass is 32.1. The number of ether oxygens (including phenoxy) is 1. The SMILES string of the molecule is CCNc1nc(CN(C)CCOCC)nc2sccc12. The molecule has 0 bridgehead atoms. The second-order valence-electron chi connectivity index (χ2n) is 4.59. The van der Waals surface area contributed by atoms with Crippen molar-refractivity contribution < 1.29 is 4.74 Å². The van der Waals surface area contributed by atoms with E-state index in [4.69, 9.17) is 4.74 Å². The lowest BCUT2D eigenvalue weighted by atomic mass is 10.3. The van der Waals surface area contributed by atoms with Crippen molar-refractivity contribution in [2.24, 2.45) is 0 Å². The molecule has 2 rings (SSSR count). The average Bonchev–Trinajstić information content (AvgIpc) is 2.88. The number of hydrogen-bond donors (Lipinski definition) is 1. The quantitative estimate of drug-likeness (QED) is 0.758. The number of aromatic nitrogens is 2. The van der Waals surface area contributed by atoms with Gasteiger partial charge in [0.1, 0.15) is 16.5 Å². The Labute approximate surface area is 124 Å². The van der Waals surface area contributed by atoms with Gasteiger partial charge in [0, 0.05) is 19.7 Å². The second-order valence-corrected chi connectivity index (χ2v) is 5.49. The smallest absolute Gasteiger partial charge is 0.146 e. The van der Waals surface area contributed by atoms with Gasteiger partial charge in [-0.2, -0.15) is 0 Å². The fourth-order valence-corrected chi connectivity index (χ4v) is 2.74. The van der Waals surface area contributed by atoms with Crippen LogP contribution in [-0.4, -0.2) is 48.2 Å². The van der Waals surface area contributed by atoms with Crippen molar-refractivity contribution in [2.75, 3.05) is 38.7 Å². The topological polar surface area (TPSA) is 50.3 Å². The molecule has 0 radical (unpaired) electrons. The molecule has 0 atom stereocenters. The Morgan fingerprint density at radius 1 is 1.35 bits per heavy atom. The maximum Gasteiger partial charge on any atom is 0.146 e. The lowest BCUT2D eigenvalue weighted by Gasteiger charge is -2.16. The Kier molecular flexibility index (Phi) is 5.70. The molecule has 0 amide bonds. The molecule has 1 N–H and O–H groups in total. The summed E-state index contributed by atoms with van der Waals surface area (Å²) in [6.07, 6.45) is 0. The molecular formula is C14H22N4OS. The lowest BCUT2D eigenvalue weighted by Crippen LogP contribution is -2.24. The summed E-state index contributed by atoms with van der Waals surface area (Å²) in [5.74, 6) is 1.79. The first-order chi connectivity index (χ1) is 9.74. The molecule has 110 valence electrons. The normalized spacial score (nSPS) is 11.4. The Balaban J connectivity index is 2.09. The van der Waals surface area contributed by atoms with Gasteiger partial charge in [0.05, 0.1) is 18.5 Å². The third kappa shape index (κ3) is 3.88. The summed E-state index contributed by atoms with van der Waals surface area (Å²) in [6.45, 7) is 8.08. The molecule has 0 aromatic carbocycles. The Hall–Kier alpha value is -1.24. The van der Waals surface area contributed by atoms with Crippen molar-refractivity contribution in [3.63, 3.8) is 0 Å². The standard InChI is InChI=1S/C14H22N4OS/c1-4-15-13-11-6-9-20-14(11)17-12(16-13)10-18(3)7-8-19-5-2/h6,9H,4-5,7-8,10H2,1-3H3,(H,15,16,17). The van der Waals surface area contributed by atoms with Crippen molar-refractivity contribution in [3.05, 3.63) is 17.3 Å². The molecule has 5 nitrogen and oxygen atoms in total. The van der Waals surface area contributed by atoms with E-state index >= 15 is 0 Å². The van der Waals surface area contributed by atoms with Gasteiger partial charge in [-0.25, -0.2) is 9.97 Å². The minimum atomic E-state index is 0.735. The van der Waals surface area contributed by atoms with E-state index in [1.807, 2.05) is 6.92 Å². The van der Waals surface area contributed by atoms with Crippen LogP contribution < -0.4 is 5.32 Å². The highest BCUT2D eigenvalue weighted by molar-refractivity contribution is 7.16. The van der Waals surface area contributed by atoms with Gasteiger partial charge < -0.3 is 10.1 Å². The van der Waals surface area contributed by atoms with Crippen LogP contribution in [0.1, 0.15) is 19.7 Å². The number of rotatable bonds is 8. The van der Waals surface area contributed by atoms with Crippen LogP contribution in [0.3, 0.4) is 0 Å². The zero-order valence-corrected chi connectivity index (χ0v) is 13.2. The third-order valence-electron chi connectivity index (χ3n) is 2.95. The predicted octanol–water partition coefficient (Wildman–Crippen LogP) is 2.59. The van der Waals surface area contributed by atoms with E-state index in [0.29, 0.717) is 0 Å². The van der Waals surface area contributed by atoms with Crippen LogP contribution in [0.4, 0.5) is 5.82 Å². The molecule has 0 saturated carbocycles. The molecule has 20 heavy (non-hydrogen) atoms. The maximum atomic E-state index is 5.37. The molecule has 2 heterocycles. The fourth-order valence-electron chi connectivity index (χ4n) is 1.96. The van der Waals surface area contributed by atoms with E-state index < -0.39 is 0 Å². The van der Waals surface area contributed by atoms with Gasteiger partial charge in [0.25, 0.3) is 0 Å². The summed E-state index contributed by atoms with van der Waals surface area (Å²) < 4.78 is 5.37. The first-order valence-electron chi connectivity index (χ1n) is 6.98. The summed E-state index contributed by atoms with van der Waals surface area (Å²) in [6, 6.07) is 2.07. The average molecular weight is 294 g/mol. The first-order valence-corrected chi connectivity index (χ1v) is 7.86. The van der Waals surface area contributed by atoms with E-state index in [1.165, 1.54) is 0 Å². The van der Waals surface area contributed by atoms with Gasteiger partial charge in [-0.15, -0.1) is 11.3 Å². The summed E-state index contributed by atoms with van der Waals surface area (Å²) in [4.78, 5) is 12.5. The van der Waals surface area contributed by atoms with Crippen molar-refractivity contribution in [1.82, 2.24) is 14.9 Å². The minimum Gasteiger partial charge on any atom is -0.380 e. The summed E-state index contributed by atoms with van der Waals surface area (Å²) in [7, 11) is 2.06. The van der Waals surface area contributed by atoms with E-state index in [1.54, 1.807) is 11.3 Å². The van der Waals surface area contributed by atoms with E-state index in [0.717, 1.165) is 54.7 Å². The van der Waals surface area contributed by atoms with Crippen molar-refractivity contribution >= 4 is 27.4 Å². The number of fused-ring (bicyclic) bond motifs is 1. The van der Waals surface area contributed by atoms with E-state index in [9.17, 15) is 0 Å². The Morgan fingerprint density at radius 3 is 2.95 bits per heavy atom. The molecule has 2 aromatic heterocycles. The van der Waals surface area contributed by atoms with Crippen molar-refractivity contribution in [1.29, 1.82) is 0 Å². The van der Waals surface area contributed by atoms with Crippen LogP contribution in [-0.2, 0) is 11.3 Å². The summed E-state index contributed by atoms with van der Waals surface area (Å²) in [5.41, 5.74) is 0. The van der Waals surface area contributed by atoms with Crippen LogP contribution in [0.15, 0.2) is 11.4 Å². The Bertz CT molecular complexity index is 543. The minimum absolute atomic E-state index is 0.735. The molecule has 0 saturated heterocycles.